The molecular weight excluding hydrogens is 408 g/mol. The molecular formula is C34H26. The van der Waals surface area contributed by atoms with E-state index in [0.29, 0.717) is 0 Å². The van der Waals surface area contributed by atoms with Crippen molar-refractivity contribution in [3.8, 4) is 22.3 Å². The number of aryl methyl sites for hydroxylation is 1. The van der Waals surface area contributed by atoms with Crippen LogP contribution in [0.4, 0.5) is 0 Å². The Labute approximate surface area is 201 Å². The molecule has 0 heterocycles. The molecule has 0 spiro atoms. The van der Waals surface area contributed by atoms with Gasteiger partial charge in [0.1, 0.15) is 0 Å². The van der Waals surface area contributed by atoms with E-state index in [4.69, 9.17) is 0 Å². The molecule has 0 saturated heterocycles. The number of fused-ring (bicyclic) bond motifs is 6. The van der Waals surface area contributed by atoms with Crippen molar-refractivity contribution in [1.29, 1.82) is 0 Å². The van der Waals surface area contributed by atoms with Gasteiger partial charge in [0, 0.05) is 0 Å². The zero-order chi connectivity index (χ0) is 22.9. The number of benzene rings is 5. The molecule has 0 aromatic heterocycles. The SMILES string of the molecule is Cc1ccccc1C1(c2ccc3c(c2C)Cc2ccccc2-3)c2ccccc2-c2ccccc21. The van der Waals surface area contributed by atoms with Gasteiger partial charge >= 0.3 is 0 Å². The molecule has 0 amide bonds. The first kappa shape index (κ1) is 19.6. The maximum absolute atomic E-state index is 2.42. The molecule has 34 heavy (non-hydrogen) atoms. The number of hydrogen-bond acceptors (Lipinski definition) is 0. The minimum absolute atomic E-state index is 0.327. The molecule has 0 bridgehead atoms. The Morgan fingerprint density at radius 3 is 1.71 bits per heavy atom. The third-order valence-electron chi connectivity index (χ3n) is 8.18. The first-order chi connectivity index (χ1) is 16.7. The number of hydrogen-bond donors (Lipinski definition) is 0. The summed E-state index contributed by atoms with van der Waals surface area (Å²) < 4.78 is 0. The lowest BCUT2D eigenvalue weighted by Gasteiger charge is -2.37. The monoisotopic (exact) mass is 434 g/mol. The van der Waals surface area contributed by atoms with E-state index in [2.05, 4.69) is 123 Å². The van der Waals surface area contributed by atoms with E-state index < -0.39 is 0 Å². The van der Waals surface area contributed by atoms with E-state index in [1.54, 1.807) is 0 Å². The van der Waals surface area contributed by atoms with Gasteiger partial charge in [0.2, 0.25) is 0 Å². The van der Waals surface area contributed by atoms with Crippen molar-refractivity contribution in [3.63, 3.8) is 0 Å². The molecule has 5 aromatic rings. The van der Waals surface area contributed by atoms with Gasteiger partial charge in [0.05, 0.1) is 5.41 Å². The van der Waals surface area contributed by atoms with Gasteiger partial charge in [0.15, 0.2) is 0 Å². The normalized spacial score (nSPS) is 14.3. The smallest absolute Gasteiger partial charge is 0.0620 e. The van der Waals surface area contributed by atoms with Crippen LogP contribution in [0.1, 0.15) is 44.5 Å². The van der Waals surface area contributed by atoms with E-state index >= 15 is 0 Å². The Kier molecular flexibility index (Phi) is 4.05. The Morgan fingerprint density at radius 2 is 1.03 bits per heavy atom. The fraction of sp³-hybridized carbons (Fsp3) is 0.118. The molecule has 2 aliphatic rings. The van der Waals surface area contributed by atoms with Gasteiger partial charge in [-0.05, 0) is 87.0 Å². The second-order valence-corrected chi connectivity index (χ2v) is 9.75. The van der Waals surface area contributed by atoms with Gasteiger partial charge < -0.3 is 0 Å². The summed E-state index contributed by atoms with van der Waals surface area (Å²) in [5.41, 5.74) is 16.4. The van der Waals surface area contributed by atoms with Crippen LogP contribution in [0.25, 0.3) is 22.3 Å². The van der Waals surface area contributed by atoms with Crippen LogP contribution in [0, 0.1) is 13.8 Å². The molecule has 0 aliphatic heterocycles. The Bertz CT molecular complexity index is 1560. The lowest BCUT2D eigenvalue weighted by atomic mass is 9.65. The maximum Gasteiger partial charge on any atom is 0.0718 e. The molecule has 0 N–H and O–H groups in total. The highest BCUT2D eigenvalue weighted by Gasteiger charge is 2.47. The molecule has 5 aromatic carbocycles. The molecule has 0 saturated carbocycles. The third kappa shape index (κ3) is 2.38. The summed E-state index contributed by atoms with van der Waals surface area (Å²) in [4.78, 5) is 0. The van der Waals surface area contributed by atoms with Crippen molar-refractivity contribution < 1.29 is 0 Å². The Balaban J connectivity index is 1.62. The number of rotatable bonds is 2. The quantitative estimate of drug-likeness (QED) is 0.257. The molecule has 162 valence electrons. The van der Waals surface area contributed by atoms with Crippen LogP contribution in [0.2, 0.25) is 0 Å². The molecule has 0 nitrogen and oxygen atoms in total. The molecule has 0 fully saturated rings. The highest BCUT2D eigenvalue weighted by Crippen LogP contribution is 2.58. The van der Waals surface area contributed by atoms with Gasteiger partial charge in [0.25, 0.3) is 0 Å². The molecule has 0 unspecified atom stereocenters. The zero-order valence-electron chi connectivity index (χ0n) is 19.6. The van der Waals surface area contributed by atoms with Crippen LogP contribution >= 0.6 is 0 Å². The van der Waals surface area contributed by atoms with Crippen LogP contribution in [0.3, 0.4) is 0 Å². The van der Waals surface area contributed by atoms with Crippen molar-refractivity contribution in [2.75, 3.05) is 0 Å². The predicted molar refractivity (Wildman–Crippen MR) is 141 cm³/mol. The summed E-state index contributed by atoms with van der Waals surface area (Å²) in [6.45, 7) is 4.61. The van der Waals surface area contributed by atoms with Crippen molar-refractivity contribution in [3.05, 3.63) is 154 Å². The van der Waals surface area contributed by atoms with Crippen molar-refractivity contribution in [2.45, 2.75) is 25.7 Å². The van der Waals surface area contributed by atoms with Crippen LogP contribution in [-0.2, 0) is 11.8 Å². The van der Waals surface area contributed by atoms with E-state index in [9.17, 15) is 0 Å². The Morgan fingerprint density at radius 1 is 0.471 bits per heavy atom. The van der Waals surface area contributed by atoms with Crippen LogP contribution in [0.15, 0.2) is 109 Å². The van der Waals surface area contributed by atoms with E-state index in [-0.39, 0.29) is 5.41 Å². The van der Waals surface area contributed by atoms with Gasteiger partial charge in [-0.1, -0.05) is 109 Å². The summed E-state index contributed by atoms with van der Waals surface area (Å²) in [7, 11) is 0. The maximum atomic E-state index is 2.42. The lowest BCUT2D eigenvalue weighted by Crippen LogP contribution is -2.30. The van der Waals surface area contributed by atoms with E-state index in [0.717, 1.165) is 6.42 Å². The summed E-state index contributed by atoms with van der Waals surface area (Å²) in [6.07, 6.45) is 1.01. The minimum atomic E-state index is -0.327. The Hall–Kier alpha value is -3.90. The van der Waals surface area contributed by atoms with Gasteiger partial charge in [-0.25, -0.2) is 0 Å². The first-order valence-electron chi connectivity index (χ1n) is 12.2. The second kappa shape index (κ2) is 7.05. The highest BCUT2D eigenvalue weighted by atomic mass is 14.5. The van der Waals surface area contributed by atoms with Gasteiger partial charge in [-0.2, -0.15) is 0 Å². The summed E-state index contributed by atoms with van der Waals surface area (Å²) in [5, 5.41) is 0. The van der Waals surface area contributed by atoms with Gasteiger partial charge in [-0.3, -0.25) is 0 Å². The lowest BCUT2D eigenvalue weighted by molar-refractivity contribution is 0.752. The molecule has 7 rings (SSSR count). The second-order valence-electron chi connectivity index (χ2n) is 9.75. The largest absolute Gasteiger partial charge is 0.0718 e. The first-order valence-corrected chi connectivity index (χ1v) is 12.2. The average molecular weight is 435 g/mol. The topological polar surface area (TPSA) is 0 Å². The summed E-state index contributed by atoms with van der Waals surface area (Å²) in [5.74, 6) is 0. The fourth-order valence-electron chi connectivity index (χ4n) is 6.73. The van der Waals surface area contributed by atoms with Crippen molar-refractivity contribution in [1.82, 2.24) is 0 Å². The van der Waals surface area contributed by atoms with Crippen LogP contribution in [0.5, 0.6) is 0 Å². The standard InChI is InChI=1S/C34H26/c1-22-11-3-8-16-30(22)34(32-17-9-6-14-27(32)28-15-7-10-18-33(28)34)31-20-19-26-25-13-5-4-12-24(25)21-29(26)23(31)2/h3-20H,21H2,1-2H3. The summed E-state index contributed by atoms with van der Waals surface area (Å²) in [6, 6.07) is 40.7. The summed E-state index contributed by atoms with van der Waals surface area (Å²) >= 11 is 0. The molecule has 0 atom stereocenters. The van der Waals surface area contributed by atoms with Gasteiger partial charge in [-0.15, -0.1) is 0 Å². The van der Waals surface area contributed by atoms with Crippen molar-refractivity contribution in [2.24, 2.45) is 0 Å². The van der Waals surface area contributed by atoms with Crippen LogP contribution < -0.4 is 0 Å². The molecule has 2 aliphatic carbocycles. The van der Waals surface area contributed by atoms with E-state index in [1.807, 2.05) is 0 Å². The fourth-order valence-corrected chi connectivity index (χ4v) is 6.73. The van der Waals surface area contributed by atoms with E-state index in [1.165, 1.54) is 66.8 Å². The van der Waals surface area contributed by atoms with Crippen LogP contribution in [-0.4, -0.2) is 0 Å². The minimum Gasteiger partial charge on any atom is -0.0620 e. The molecule has 0 heteroatoms. The molecule has 0 radical (unpaired) electrons. The van der Waals surface area contributed by atoms with Crippen molar-refractivity contribution >= 4 is 0 Å². The highest BCUT2D eigenvalue weighted by molar-refractivity contribution is 5.88. The zero-order valence-corrected chi connectivity index (χ0v) is 19.6. The third-order valence-corrected chi connectivity index (χ3v) is 8.18. The average Bonchev–Trinajstić information content (AvgIpc) is 3.40. The predicted octanol–water partition coefficient (Wildman–Crippen LogP) is 8.24.